The molecule has 0 fully saturated rings. The van der Waals surface area contributed by atoms with Crippen molar-refractivity contribution in [2.24, 2.45) is 0 Å². The number of nitrogens with one attached hydrogen (secondary N) is 1. The molecule has 0 saturated heterocycles. The van der Waals surface area contributed by atoms with Gasteiger partial charge in [-0.2, -0.15) is 0 Å². The predicted octanol–water partition coefficient (Wildman–Crippen LogP) is 2.23. The van der Waals surface area contributed by atoms with E-state index in [-0.39, 0.29) is 5.88 Å². The van der Waals surface area contributed by atoms with Crippen LogP contribution in [-0.2, 0) is 12.3 Å². The maximum absolute atomic E-state index is 5.54. The van der Waals surface area contributed by atoms with Crippen molar-refractivity contribution in [3.63, 3.8) is 0 Å². The van der Waals surface area contributed by atoms with Crippen molar-refractivity contribution in [3.05, 3.63) is 22.0 Å². The fourth-order valence-corrected chi connectivity index (χ4v) is 2.06. The lowest BCUT2D eigenvalue weighted by Crippen LogP contribution is -2.04. The summed E-state index contributed by atoms with van der Waals surface area (Å²) in [5.74, 6) is 0.662. The molecule has 0 radical (unpaired) electrons. The number of thiazole rings is 1. The zero-order valence-corrected chi connectivity index (χ0v) is 10.3. The maximum Gasteiger partial charge on any atom is 0.315 e. The van der Waals surface area contributed by atoms with E-state index in [4.69, 9.17) is 16.0 Å². The van der Waals surface area contributed by atoms with Gasteiger partial charge in [0.05, 0.1) is 5.01 Å². The van der Waals surface area contributed by atoms with Crippen molar-refractivity contribution in [2.75, 3.05) is 11.9 Å². The smallest absolute Gasteiger partial charge is 0.315 e. The Labute approximate surface area is 102 Å². The number of hydrogen-bond acceptors (Lipinski definition) is 6. The lowest BCUT2D eigenvalue weighted by molar-refractivity contribution is 0.525. The van der Waals surface area contributed by atoms with Crippen LogP contribution in [0.5, 0.6) is 0 Å². The molecule has 0 aliphatic carbocycles. The van der Waals surface area contributed by atoms with Gasteiger partial charge in [-0.05, 0) is 6.92 Å². The molecule has 2 aromatic rings. The Hall–Kier alpha value is -1.14. The van der Waals surface area contributed by atoms with Gasteiger partial charge in [0.2, 0.25) is 5.89 Å². The first-order valence-electron chi connectivity index (χ1n) is 4.81. The molecular formula is C9H11ClN4OS. The predicted molar refractivity (Wildman–Crippen MR) is 62.9 cm³/mol. The van der Waals surface area contributed by atoms with Gasteiger partial charge in [-0.15, -0.1) is 28.0 Å². The van der Waals surface area contributed by atoms with Gasteiger partial charge in [-0.25, -0.2) is 4.98 Å². The molecule has 0 aromatic carbocycles. The minimum absolute atomic E-state index is 0.236. The summed E-state index contributed by atoms with van der Waals surface area (Å²) in [7, 11) is 0. The van der Waals surface area contributed by atoms with Gasteiger partial charge < -0.3 is 9.73 Å². The van der Waals surface area contributed by atoms with E-state index in [9.17, 15) is 0 Å². The topological polar surface area (TPSA) is 63.8 Å². The van der Waals surface area contributed by atoms with Crippen LogP contribution in [0.2, 0.25) is 0 Å². The van der Waals surface area contributed by atoms with E-state index < -0.39 is 0 Å². The molecule has 16 heavy (non-hydrogen) atoms. The highest BCUT2D eigenvalue weighted by Gasteiger charge is 2.04. The van der Waals surface area contributed by atoms with E-state index in [0.29, 0.717) is 11.9 Å². The fourth-order valence-electron chi connectivity index (χ4n) is 1.17. The molecule has 0 aliphatic rings. The number of nitrogens with zero attached hydrogens (tertiary/aromatic N) is 3. The second-order valence-electron chi connectivity index (χ2n) is 3.19. The molecule has 7 heteroatoms. The van der Waals surface area contributed by atoms with E-state index in [1.165, 1.54) is 0 Å². The van der Waals surface area contributed by atoms with Crippen LogP contribution >= 0.6 is 22.9 Å². The molecule has 0 bridgehead atoms. The van der Waals surface area contributed by atoms with Crippen molar-refractivity contribution in [1.29, 1.82) is 0 Å². The van der Waals surface area contributed by atoms with E-state index in [1.807, 2.05) is 12.3 Å². The molecule has 0 atom stereocenters. The molecule has 5 nitrogen and oxygen atoms in total. The number of alkyl halides is 1. The summed E-state index contributed by atoms with van der Waals surface area (Å²) in [6.07, 6.45) is 0.844. The lowest BCUT2D eigenvalue weighted by Gasteiger charge is -1.97. The Balaban J connectivity index is 1.79. The molecular weight excluding hydrogens is 248 g/mol. The Morgan fingerprint density at radius 2 is 2.38 bits per heavy atom. The molecule has 0 saturated carbocycles. The number of aromatic nitrogens is 3. The third-order valence-corrected chi connectivity index (χ3v) is 3.12. The summed E-state index contributed by atoms with van der Waals surface area (Å²) in [6.45, 7) is 2.70. The van der Waals surface area contributed by atoms with Crippen LogP contribution in [-0.4, -0.2) is 21.7 Å². The average Bonchev–Trinajstić information content (AvgIpc) is 2.88. The Kier molecular flexibility index (Phi) is 3.74. The Morgan fingerprint density at radius 1 is 1.50 bits per heavy atom. The molecule has 0 unspecified atom stereocenters. The van der Waals surface area contributed by atoms with Crippen LogP contribution in [0.4, 0.5) is 6.01 Å². The number of aryl methyl sites for hydroxylation is 1. The number of anilines is 1. The van der Waals surface area contributed by atoms with Crippen molar-refractivity contribution in [3.8, 4) is 0 Å². The Morgan fingerprint density at radius 3 is 3.00 bits per heavy atom. The molecule has 1 N–H and O–H groups in total. The monoisotopic (exact) mass is 258 g/mol. The van der Waals surface area contributed by atoms with Crippen molar-refractivity contribution >= 4 is 29.0 Å². The van der Waals surface area contributed by atoms with Gasteiger partial charge in [-0.3, -0.25) is 0 Å². The van der Waals surface area contributed by atoms with Crippen molar-refractivity contribution < 1.29 is 4.42 Å². The quantitative estimate of drug-likeness (QED) is 0.834. The normalized spacial score (nSPS) is 10.6. The van der Waals surface area contributed by atoms with E-state index >= 15 is 0 Å². The fraction of sp³-hybridized carbons (Fsp3) is 0.444. The van der Waals surface area contributed by atoms with Crippen molar-refractivity contribution in [1.82, 2.24) is 15.2 Å². The number of halogens is 1. The highest BCUT2D eigenvalue weighted by molar-refractivity contribution is 7.09. The lowest BCUT2D eigenvalue weighted by atomic mass is 10.4. The van der Waals surface area contributed by atoms with Crippen LogP contribution in [0.1, 0.15) is 16.6 Å². The first-order chi connectivity index (χ1) is 7.78. The second kappa shape index (κ2) is 5.27. The van der Waals surface area contributed by atoms with E-state index in [1.54, 1.807) is 11.3 Å². The summed E-state index contributed by atoms with van der Waals surface area (Å²) >= 11 is 7.20. The maximum atomic E-state index is 5.54. The summed E-state index contributed by atoms with van der Waals surface area (Å²) in [5.41, 5.74) is 1.06. The first-order valence-corrected chi connectivity index (χ1v) is 6.22. The van der Waals surface area contributed by atoms with Gasteiger partial charge in [0.15, 0.2) is 0 Å². The van der Waals surface area contributed by atoms with Crippen LogP contribution in [0.25, 0.3) is 0 Å². The van der Waals surface area contributed by atoms with Gasteiger partial charge in [-0.1, -0.05) is 5.10 Å². The molecule has 0 aliphatic heterocycles. The molecule has 2 rings (SSSR count). The average molecular weight is 259 g/mol. The number of rotatable bonds is 5. The van der Waals surface area contributed by atoms with Crippen molar-refractivity contribution in [2.45, 2.75) is 19.2 Å². The van der Waals surface area contributed by atoms with Crippen LogP contribution in [0.3, 0.4) is 0 Å². The zero-order chi connectivity index (χ0) is 11.4. The number of hydrogen-bond donors (Lipinski definition) is 1. The van der Waals surface area contributed by atoms with E-state index in [0.717, 1.165) is 23.7 Å². The Bertz CT molecular complexity index is 456. The summed E-state index contributed by atoms with van der Waals surface area (Å²) in [6, 6.07) is 0.406. The third kappa shape index (κ3) is 2.93. The standard InChI is InChI=1S/C9H11ClN4OS/c1-6-5-16-8(12-6)2-3-11-9-14-13-7(4-10)15-9/h5H,2-4H2,1H3,(H,11,14). The highest BCUT2D eigenvalue weighted by atomic mass is 35.5. The van der Waals surface area contributed by atoms with Gasteiger partial charge in [0.25, 0.3) is 0 Å². The SMILES string of the molecule is Cc1csc(CCNc2nnc(CCl)o2)n1. The molecule has 2 aromatic heterocycles. The first kappa shape index (κ1) is 11.3. The van der Waals surface area contributed by atoms with Crippen LogP contribution in [0, 0.1) is 6.92 Å². The van der Waals surface area contributed by atoms with Crippen LogP contribution in [0.15, 0.2) is 9.80 Å². The van der Waals surface area contributed by atoms with Gasteiger partial charge >= 0.3 is 6.01 Å². The minimum Gasteiger partial charge on any atom is -0.407 e. The highest BCUT2D eigenvalue weighted by Crippen LogP contribution is 2.10. The largest absolute Gasteiger partial charge is 0.407 e. The minimum atomic E-state index is 0.236. The van der Waals surface area contributed by atoms with Gasteiger partial charge in [0.1, 0.15) is 5.88 Å². The second-order valence-corrected chi connectivity index (χ2v) is 4.40. The van der Waals surface area contributed by atoms with E-state index in [2.05, 4.69) is 20.5 Å². The molecule has 86 valence electrons. The summed E-state index contributed by atoms with van der Waals surface area (Å²) in [4.78, 5) is 4.35. The third-order valence-electron chi connectivity index (χ3n) is 1.86. The van der Waals surface area contributed by atoms with Crippen LogP contribution < -0.4 is 5.32 Å². The van der Waals surface area contributed by atoms with Gasteiger partial charge in [0, 0.05) is 24.0 Å². The molecule has 2 heterocycles. The molecule has 0 amide bonds. The summed E-state index contributed by atoms with van der Waals surface area (Å²) in [5, 5.41) is 13.7. The molecule has 0 spiro atoms. The summed E-state index contributed by atoms with van der Waals surface area (Å²) < 4.78 is 5.19. The zero-order valence-electron chi connectivity index (χ0n) is 8.73.